The summed E-state index contributed by atoms with van der Waals surface area (Å²) < 4.78 is 16.9. The number of ether oxygens (including phenoxy) is 3. The van der Waals surface area contributed by atoms with E-state index in [1.54, 1.807) is 7.05 Å². The minimum Gasteiger partial charge on any atom is -0.491 e. The first-order chi connectivity index (χ1) is 12.8. The van der Waals surface area contributed by atoms with Gasteiger partial charge >= 0.3 is 0 Å². The van der Waals surface area contributed by atoms with Gasteiger partial charge in [-0.3, -0.25) is 4.99 Å². The van der Waals surface area contributed by atoms with Crippen LogP contribution in [0, 0.1) is 12.8 Å². The third kappa shape index (κ3) is 8.06. The number of rotatable bonds is 10. The van der Waals surface area contributed by atoms with Crippen molar-refractivity contribution in [3.05, 3.63) is 29.8 Å². The molecule has 0 unspecified atom stereocenters. The highest BCUT2D eigenvalue weighted by Crippen LogP contribution is 2.15. The summed E-state index contributed by atoms with van der Waals surface area (Å²) in [5.41, 5.74) is 1.15. The van der Waals surface area contributed by atoms with Crippen LogP contribution in [0.1, 0.15) is 24.8 Å². The quantitative estimate of drug-likeness (QED) is 0.380. The Labute approximate surface area is 157 Å². The van der Waals surface area contributed by atoms with Gasteiger partial charge in [0, 0.05) is 40.0 Å². The number of hydrogen-bond acceptors (Lipinski definition) is 4. The van der Waals surface area contributed by atoms with E-state index in [0.29, 0.717) is 19.1 Å². The molecule has 26 heavy (non-hydrogen) atoms. The number of aliphatic imine (C=N–C) groups is 1. The molecule has 6 heteroatoms. The average molecular weight is 364 g/mol. The molecule has 0 bridgehead atoms. The number of guanidine groups is 1. The zero-order valence-electron chi connectivity index (χ0n) is 16.1. The Morgan fingerprint density at radius 1 is 1.15 bits per heavy atom. The lowest BCUT2D eigenvalue weighted by Gasteiger charge is -2.21. The molecule has 2 N–H and O–H groups in total. The van der Waals surface area contributed by atoms with Crippen LogP contribution in [0.5, 0.6) is 5.75 Å². The maximum Gasteiger partial charge on any atom is 0.191 e. The normalized spacial score (nSPS) is 15.7. The minimum absolute atomic E-state index is 0.597. The Balaban J connectivity index is 1.48. The highest BCUT2D eigenvalue weighted by Gasteiger charge is 2.13. The maximum atomic E-state index is 5.77. The van der Waals surface area contributed by atoms with Crippen LogP contribution < -0.4 is 15.4 Å². The third-order valence-corrected chi connectivity index (χ3v) is 4.42. The van der Waals surface area contributed by atoms with E-state index in [1.165, 1.54) is 0 Å². The Kier molecular flexibility index (Phi) is 9.90. The van der Waals surface area contributed by atoms with Gasteiger partial charge in [0.1, 0.15) is 12.4 Å². The lowest BCUT2D eigenvalue weighted by atomic mass is 10.0. The molecule has 0 radical (unpaired) electrons. The molecule has 0 spiro atoms. The van der Waals surface area contributed by atoms with Gasteiger partial charge in [-0.1, -0.05) is 18.2 Å². The molecule has 1 aliphatic rings. The molecule has 1 saturated heterocycles. The van der Waals surface area contributed by atoms with Gasteiger partial charge in [-0.15, -0.1) is 0 Å². The predicted molar refractivity (Wildman–Crippen MR) is 105 cm³/mol. The van der Waals surface area contributed by atoms with E-state index >= 15 is 0 Å². The van der Waals surface area contributed by atoms with E-state index in [9.17, 15) is 0 Å². The first-order valence-electron chi connectivity index (χ1n) is 9.58. The fourth-order valence-corrected chi connectivity index (χ4v) is 2.81. The SMILES string of the molecule is CN=C(NCCCOCC1CCOCC1)NCCOc1ccccc1C. The molecule has 0 amide bonds. The Hall–Kier alpha value is -1.79. The van der Waals surface area contributed by atoms with Crippen LogP contribution in [0.25, 0.3) is 0 Å². The topological polar surface area (TPSA) is 64.1 Å². The summed E-state index contributed by atoms with van der Waals surface area (Å²) in [6, 6.07) is 8.04. The van der Waals surface area contributed by atoms with Crippen molar-refractivity contribution < 1.29 is 14.2 Å². The summed E-state index contributed by atoms with van der Waals surface area (Å²) in [7, 11) is 1.78. The van der Waals surface area contributed by atoms with E-state index < -0.39 is 0 Å². The van der Waals surface area contributed by atoms with E-state index in [-0.39, 0.29) is 0 Å². The van der Waals surface area contributed by atoms with Crippen molar-refractivity contribution in [2.45, 2.75) is 26.2 Å². The monoisotopic (exact) mass is 363 g/mol. The van der Waals surface area contributed by atoms with Crippen LogP contribution in [0.2, 0.25) is 0 Å². The molecule has 0 atom stereocenters. The zero-order chi connectivity index (χ0) is 18.5. The number of aryl methyl sites for hydroxylation is 1. The van der Waals surface area contributed by atoms with Gasteiger partial charge in [-0.2, -0.15) is 0 Å². The van der Waals surface area contributed by atoms with Gasteiger partial charge in [0.2, 0.25) is 0 Å². The van der Waals surface area contributed by atoms with Crippen molar-refractivity contribution in [2.75, 3.05) is 53.2 Å². The Morgan fingerprint density at radius 3 is 2.69 bits per heavy atom. The molecule has 1 heterocycles. The van der Waals surface area contributed by atoms with E-state index in [2.05, 4.69) is 15.6 Å². The van der Waals surface area contributed by atoms with Crippen LogP contribution in [-0.4, -0.2) is 59.1 Å². The van der Waals surface area contributed by atoms with E-state index in [4.69, 9.17) is 14.2 Å². The van der Waals surface area contributed by atoms with Crippen LogP contribution in [0.15, 0.2) is 29.3 Å². The van der Waals surface area contributed by atoms with Gasteiger partial charge in [-0.25, -0.2) is 0 Å². The molecule has 1 aromatic rings. The van der Waals surface area contributed by atoms with Gasteiger partial charge in [0.25, 0.3) is 0 Å². The van der Waals surface area contributed by atoms with Crippen molar-refractivity contribution in [1.29, 1.82) is 0 Å². The van der Waals surface area contributed by atoms with Crippen LogP contribution in [0.4, 0.5) is 0 Å². The fourth-order valence-electron chi connectivity index (χ4n) is 2.81. The van der Waals surface area contributed by atoms with E-state index in [0.717, 1.165) is 69.5 Å². The van der Waals surface area contributed by atoms with Gasteiger partial charge in [0.15, 0.2) is 5.96 Å². The molecular weight excluding hydrogens is 330 g/mol. The molecule has 2 rings (SSSR count). The summed E-state index contributed by atoms with van der Waals surface area (Å²) >= 11 is 0. The molecule has 146 valence electrons. The molecular formula is C20H33N3O3. The van der Waals surface area contributed by atoms with Crippen molar-refractivity contribution in [3.8, 4) is 5.75 Å². The molecule has 1 fully saturated rings. The first-order valence-corrected chi connectivity index (χ1v) is 9.58. The molecule has 0 saturated carbocycles. The summed E-state index contributed by atoms with van der Waals surface area (Å²) in [5.74, 6) is 2.39. The maximum absolute atomic E-state index is 5.77. The number of nitrogens with one attached hydrogen (secondary N) is 2. The molecule has 6 nitrogen and oxygen atoms in total. The molecule has 0 aromatic heterocycles. The van der Waals surface area contributed by atoms with Crippen molar-refractivity contribution in [1.82, 2.24) is 10.6 Å². The highest BCUT2D eigenvalue weighted by atomic mass is 16.5. The van der Waals surface area contributed by atoms with Gasteiger partial charge < -0.3 is 24.8 Å². The number of para-hydroxylation sites is 1. The Bertz CT molecular complexity index is 531. The lowest BCUT2D eigenvalue weighted by molar-refractivity contribution is 0.0203. The van der Waals surface area contributed by atoms with Crippen molar-refractivity contribution in [2.24, 2.45) is 10.9 Å². The fraction of sp³-hybridized carbons (Fsp3) is 0.650. The second-order valence-corrected chi connectivity index (χ2v) is 6.52. The van der Waals surface area contributed by atoms with Gasteiger partial charge in [-0.05, 0) is 43.7 Å². The third-order valence-electron chi connectivity index (χ3n) is 4.42. The second kappa shape index (κ2) is 12.5. The largest absolute Gasteiger partial charge is 0.491 e. The molecule has 1 aliphatic heterocycles. The highest BCUT2D eigenvalue weighted by molar-refractivity contribution is 5.79. The molecule has 0 aliphatic carbocycles. The molecule has 1 aromatic carbocycles. The summed E-state index contributed by atoms with van der Waals surface area (Å²) in [4.78, 5) is 4.23. The standard InChI is InChI=1S/C20H33N3O3/c1-17-6-3-4-7-19(17)26-15-11-23-20(21-2)22-10-5-12-25-16-18-8-13-24-14-9-18/h3-4,6-7,18H,5,8-16H2,1-2H3,(H2,21,22,23). The predicted octanol–water partition coefficient (Wildman–Crippen LogP) is 2.37. The van der Waals surface area contributed by atoms with Crippen LogP contribution >= 0.6 is 0 Å². The van der Waals surface area contributed by atoms with Gasteiger partial charge in [0.05, 0.1) is 6.54 Å². The minimum atomic E-state index is 0.597. The smallest absolute Gasteiger partial charge is 0.191 e. The Morgan fingerprint density at radius 2 is 1.92 bits per heavy atom. The van der Waals surface area contributed by atoms with E-state index in [1.807, 2.05) is 31.2 Å². The van der Waals surface area contributed by atoms with Crippen LogP contribution in [-0.2, 0) is 9.47 Å². The summed E-state index contributed by atoms with van der Waals surface area (Å²) in [6.07, 6.45) is 3.21. The summed E-state index contributed by atoms with van der Waals surface area (Å²) in [6.45, 7) is 7.58. The second-order valence-electron chi connectivity index (χ2n) is 6.52. The lowest BCUT2D eigenvalue weighted by Crippen LogP contribution is -2.40. The number of benzene rings is 1. The zero-order valence-corrected chi connectivity index (χ0v) is 16.1. The average Bonchev–Trinajstić information content (AvgIpc) is 2.68. The first kappa shape index (κ1) is 20.5. The summed E-state index contributed by atoms with van der Waals surface area (Å²) in [5, 5.41) is 6.56. The number of hydrogen-bond donors (Lipinski definition) is 2. The number of nitrogens with zero attached hydrogens (tertiary/aromatic N) is 1. The van der Waals surface area contributed by atoms with Crippen molar-refractivity contribution >= 4 is 5.96 Å². The van der Waals surface area contributed by atoms with Crippen LogP contribution in [0.3, 0.4) is 0 Å². The van der Waals surface area contributed by atoms with Crippen molar-refractivity contribution in [3.63, 3.8) is 0 Å².